The highest BCUT2D eigenvalue weighted by molar-refractivity contribution is 7.13. The van der Waals surface area contributed by atoms with Crippen LogP contribution in [0.2, 0.25) is 0 Å². The van der Waals surface area contributed by atoms with Crippen molar-refractivity contribution in [1.82, 2.24) is 10.3 Å². The van der Waals surface area contributed by atoms with Gasteiger partial charge in [-0.05, 0) is 67.8 Å². The van der Waals surface area contributed by atoms with Crippen LogP contribution in [0.1, 0.15) is 35.6 Å². The lowest BCUT2D eigenvalue weighted by Gasteiger charge is -2.21. The molecule has 1 aliphatic heterocycles. The maximum Gasteiger partial charge on any atom is 0.244 e. The molecule has 3 heterocycles. The molecule has 2 aromatic heterocycles. The third-order valence-electron chi connectivity index (χ3n) is 5.46. The summed E-state index contributed by atoms with van der Waals surface area (Å²) in [7, 11) is 0. The molecule has 3 unspecified atom stereocenters. The number of rotatable bonds is 6. The Balaban J connectivity index is 1.35. The van der Waals surface area contributed by atoms with Crippen LogP contribution in [0.4, 0.5) is 5.82 Å². The van der Waals surface area contributed by atoms with E-state index in [-0.39, 0.29) is 24.0 Å². The van der Waals surface area contributed by atoms with Crippen molar-refractivity contribution in [3.8, 4) is 0 Å². The number of ether oxygens (including phenoxy) is 1. The van der Waals surface area contributed by atoms with Crippen molar-refractivity contribution >= 4 is 46.3 Å². The van der Waals surface area contributed by atoms with Crippen molar-refractivity contribution < 1.29 is 14.6 Å². The van der Waals surface area contributed by atoms with Crippen LogP contribution in [-0.4, -0.2) is 34.8 Å². The minimum Gasteiger partial charge on any atom is -0.385 e. The zero-order valence-electron chi connectivity index (χ0n) is 17.9. The number of hydrogen-bond donors (Lipinski definition) is 3. The summed E-state index contributed by atoms with van der Waals surface area (Å²) in [5.41, 5.74) is 6.54. The molecule has 4 rings (SSSR count). The molecule has 2 aliphatic rings. The Kier molecular flexibility index (Phi) is 6.53. The third-order valence-corrected chi connectivity index (χ3v) is 7.23. The molecular weight excluding hydrogens is 446 g/mol. The van der Waals surface area contributed by atoms with Crippen LogP contribution in [0.15, 0.2) is 53.7 Å². The fourth-order valence-electron chi connectivity index (χ4n) is 3.79. The summed E-state index contributed by atoms with van der Waals surface area (Å²) in [5, 5.41) is 13.8. The van der Waals surface area contributed by atoms with Crippen LogP contribution in [0.5, 0.6) is 0 Å². The van der Waals surface area contributed by atoms with Crippen LogP contribution in [-0.2, 0) is 15.1 Å². The maximum absolute atomic E-state index is 12.2. The smallest absolute Gasteiger partial charge is 0.244 e. The van der Waals surface area contributed by atoms with Crippen molar-refractivity contribution in [2.75, 3.05) is 12.3 Å². The second-order valence-electron chi connectivity index (χ2n) is 8.55. The first-order valence-corrected chi connectivity index (χ1v) is 11.6. The number of nitrogens with one attached hydrogen (secondary N) is 1. The topological polar surface area (TPSA) is 97.5 Å². The molecule has 6 nitrogen and oxygen atoms in total. The highest BCUT2D eigenvalue weighted by atomic mass is 35.5. The molecule has 0 spiro atoms. The average Bonchev–Trinajstić information content (AvgIpc) is 3.39. The lowest BCUT2D eigenvalue weighted by atomic mass is 9.91. The van der Waals surface area contributed by atoms with E-state index >= 15 is 0 Å². The zero-order valence-corrected chi connectivity index (χ0v) is 19.5. The number of thiophene rings is 1. The molecule has 0 aromatic carbocycles. The van der Waals surface area contributed by atoms with E-state index in [1.165, 1.54) is 6.08 Å². The molecule has 0 radical (unpaired) electrons. The van der Waals surface area contributed by atoms with Gasteiger partial charge in [0.05, 0.1) is 17.8 Å². The molecular formula is C24H26ClN3O3S. The van der Waals surface area contributed by atoms with Gasteiger partial charge in [-0.3, -0.25) is 4.79 Å². The van der Waals surface area contributed by atoms with Crippen LogP contribution in [0.25, 0.3) is 11.6 Å². The number of aromatic nitrogens is 1. The number of hydrogen-bond acceptors (Lipinski definition) is 6. The maximum atomic E-state index is 12.2. The number of carbonyl (C=O) groups is 1. The highest BCUT2D eigenvalue weighted by Crippen LogP contribution is 2.42. The normalized spacial score (nSPS) is 23.1. The van der Waals surface area contributed by atoms with Gasteiger partial charge in [-0.25, -0.2) is 4.98 Å². The van der Waals surface area contributed by atoms with Gasteiger partial charge in [0.25, 0.3) is 0 Å². The van der Waals surface area contributed by atoms with E-state index in [1.54, 1.807) is 49.6 Å². The number of allylic oxidation sites excluding steroid dienone is 2. The predicted molar refractivity (Wildman–Crippen MR) is 129 cm³/mol. The van der Waals surface area contributed by atoms with Gasteiger partial charge in [0, 0.05) is 39.5 Å². The molecule has 168 valence electrons. The number of aliphatic hydroxyl groups is 1. The van der Waals surface area contributed by atoms with Gasteiger partial charge in [0.1, 0.15) is 5.82 Å². The van der Waals surface area contributed by atoms with E-state index in [0.29, 0.717) is 17.4 Å². The number of nitrogens with two attached hydrogens (primary N) is 1. The van der Waals surface area contributed by atoms with Crippen molar-refractivity contribution in [3.05, 3.63) is 69.0 Å². The van der Waals surface area contributed by atoms with Crippen LogP contribution >= 0.6 is 22.9 Å². The Morgan fingerprint density at radius 3 is 2.91 bits per heavy atom. The quantitative estimate of drug-likeness (QED) is 0.551. The summed E-state index contributed by atoms with van der Waals surface area (Å²) in [6.07, 6.45) is 9.36. The van der Waals surface area contributed by atoms with E-state index < -0.39 is 5.60 Å². The van der Waals surface area contributed by atoms with Gasteiger partial charge in [-0.1, -0.05) is 17.7 Å². The van der Waals surface area contributed by atoms with Gasteiger partial charge in [-0.15, -0.1) is 11.3 Å². The number of carbonyl (C=O) groups excluding carboxylic acids is 1. The minimum atomic E-state index is -0.868. The van der Waals surface area contributed by atoms with Gasteiger partial charge in [-0.2, -0.15) is 0 Å². The number of halogens is 1. The number of pyridine rings is 1. The Morgan fingerprint density at radius 1 is 1.41 bits per heavy atom. The molecule has 0 bridgehead atoms. The number of amides is 1. The minimum absolute atomic E-state index is 0.117. The first kappa shape index (κ1) is 22.7. The summed E-state index contributed by atoms with van der Waals surface area (Å²) in [4.78, 5) is 18.1. The second kappa shape index (κ2) is 9.19. The third kappa shape index (κ3) is 5.30. The number of fused-ring (bicyclic) bond motifs is 1. The van der Waals surface area contributed by atoms with Crippen LogP contribution in [0.3, 0.4) is 0 Å². The first-order chi connectivity index (χ1) is 15.2. The Hall–Kier alpha value is -2.45. The van der Waals surface area contributed by atoms with Gasteiger partial charge >= 0.3 is 0 Å². The van der Waals surface area contributed by atoms with Gasteiger partial charge in [0.15, 0.2) is 0 Å². The average molecular weight is 472 g/mol. The van der Waals surface area contributed by atoms with Gasteiger partial charge in [0.2, 0.25) is 5.91 Å². The second-order valence-corrected chi connectivity index (χ2v) is 10.1. The molecule has 32 heavy (non-hydrogen) atoms. The zero-order chi connectivity index (χ0) is 22.9. The summed E-state index contributed by atoms with van der Waals surface area (Å²) >= 11 is 8.12. The van der Waals surface area contributed by atoms with Crippen molar-refractivity contribution in [2.45, 2.75) is 38.1 Å². The largest absolute Gasteiger partial charge is 0.385 e. The molecule has 1 fully saturated rings. The Bertz CT molecular complexity index is 1080. The lowest BCUT2D eigenvalue weighted by molar-refractivity contribution is -0.117. The Morgan fingerprint density at radius 2 is 2.22 bits per heavy atom. The van der Waals surface area contributed by atoms with Crippen LogP contribution in [0, 0.1) is 5.92 Å². The fourth-order valence-corrected chi connectivity index (χ4v) is 5.13. The summed E-state index contributed by atoms with van der Waals surface area (Å²) in [5.74, 6) is 0.387. The molecule has 0 saturated carbocycles. The predicted octanol–water partition coefficient (Wildman–Crippen LogP) is 4.08. The van der Waals surface area contributed by atoms with E-state index in [9.17, 15) is 9.90 Å². The van der Waals surface area contributed by atoms with Crippen molar-refractivity contribution in [3.63, 3.8) is 0 Å². The van der Waals surface area contributed by atoms with E-state index in [1.807, 2.05) is 18.2 Å². The number of nitrogens with zero attached hydrogens (tertiary/aromatic N) is 1. The molecule has 4 N–H and O–H groups in total. The molecule has 3 atom stereocenters. The van der Waals surface area contributed by atoms with Crippen molar-refractivity contribution in [1.29, 1.82) is 0 Å². The standard InChI is InChI=1S/C24H26ClN3O3S/c1-24(2,30)20-6-5-19(32-20)15-9-16-10-17(31-23(16)18(25)11-15)13-28-22(29)8-4-14-3-7-21(26)27-12-14/h3-9,11-12,16-17,23,30H,10,13H2,1-2H3,(H2,26,27)(H,28,29)/b8-4+. The fraction of sp³-hybridized carbons (Fsp3) is 0.333. The monoisotopic (exact) mass is 471 g/mol. The molecule has 1 amide bonds. The molecule has 2 aromatic rings. The van der Waals surface area contributed by atoms with Crippen molar-refractivity contribution in [2.24, 2.45) is 5.92 Å². The molecule has 1 aliphatic carbocycles. The SMILES string of the molecule is CC(C)(O)c1ccc(C2=CC3CC(CNC(=O)/C=C/c4ccc(N)nc4)OC3C(Cl)=C2)s1. The number of nitrogen functional groups attached to an aromatic ring is 1. The van der Waals surface area contributed by atoms with Gasteiger partial charge < -0.3 is 20.9 Å². The number of anilines is 1. The van der Waals surface area contributed by atoms with E-state index in [2.05, 4.69) is 16.4 Å². The lowest BCUT2D eigenvalue weighted by Crippen LogP contribution is -2.31. The first-order valence-electron chi connectivity index (χ1n) is 10.4. The molecule has 1 saturated heterocycles. The molecule has 8 heteroatoms. The highest BCUT2D eigenvalue weighted by Gasteiger charge is 2.38. The summed E-state index contributed by atoms with van der Waals surface area (Å²) in [6.45, 7) is 3.97. The van der Waals surface area contributed by atoms with E-state index in [0.717, 1.165) is 27.3 Å². The van der Waals surface area contributed by atoms with E-state index in [4.69, 9.17) is 22.1 Å². The summed E-state index contributed by atoms with van der Waals surface area (Å²) < 4.78 is 6.10. The Labute approximate surface area is 196 Å². The van der Waals surface area contributed by atoms with Crippen LogP contribution < -0.4 is 11.1 Å². The summed E-state index contributed by atoms with van der Waals surface area (Å²) in [6, 6.07) is 7.45.